The second kappa shape index (κ2) is 5.50. The number of hydrogen-bond acceptors (Lipinski definition) is 2. The standard InChI is InChI=1S/C12H16BrClN2/c1-9-7-16(5-4-15-9)8-10-6-11(13)2-3-12(10)14/h2-3,6,9,15H,4-5,7-8H2,1H3. The molecule has 1 saturated heterocycles. The lowest BCUT2D eigenvalue weighted by atomic mass is 10.1. The number of piperazine rings is 1. The molecule has 1 aliphatic rings. The highest BCUT2D eigenvalue weighted by Crippen LogP contribution is 2.22. The number of benzene rings is 1. The Kier molecular flexibility index (Phi) is 4.25. The summed E-state index contributed by atoms with van der Waals surface area (Å²) in [4.78, 5) is 2.44. The summed E-state index contributed by atoms with van der Waals surface area (Å²) in [6.45, 7) is 6.39. The van der Waals surface area contributed by atoms with Gasteiger partial charge in [-0.1, -0.05) is 27.5 Å². The van der Waals surface area contributed by atoms with E-state index in [1.165, 1.54) is 5.56 Å². The molecule has 16 heavy (non-hydrogen) atoms. The summed E-state index contributed by atoms with van der Waals surface area (Å²) >= 11 is 9.67. The molecule has 1 aromatic carbocycles. The fraction of sp³-hybridized carbons (Fsp3) is 0.500. The number of rotatable bonds is 2. The van der Waals surface area contributed by atoms with Gasteiger partial charge in [-0.15, -0.1) is 0 Å². The molecule has 0 spiro atoms. The number of nitrogens with zero attached hydrogens (tertiary/aromatic N) is 1. The fourth-order valence-electron chi connectivity index (χ4n) is 2.06. The molecule has 1 aliphatic heterocycles. The Bertz CT molecular complexity index is 370. The maximum absolute atomic E-state index is 6.19. The summed E-state index contributed by atoms with van der Waals surface area (Å²) in [7, 11) is 0. The second-order valence-electron chi connectivity index (χ2n) is 4.33. The Morgan fingerprint density at radius 1 is 1.56 bits per heavy atom. The topological polar surface area (TPSA) is 15.3 Å². The molecule has 2 rings (SSSR count). The molecule has 0 saturated carbocycles. The second-order valence-corrected chi connectivity index (χ2v) is 5.65. The predicted molar refractivity (Wildman–Crippen MR) is 71.9 cm³/mol. The first kappa shape index (κ1) is 12.4. The molecule has 0 amide bonds. The van der Waals surface area contributed by atoms with Crippen LogP contribution in [0.3, 0.4) is 0 Å². The van der Waals surface area contributed by atoms with Crippen molar-refractivity contribution >= 4 is 27.5 Å². The van der Waals surface area contributed by atoms with Crippen LogP contribution >= 0.6 is 27.5 Å². The van der Waals surface area contributed by atoms with Gasteiger partial charge in [-0.3, -0.25) is 4.90 Å². The van der Waals surface area contributed by atoms with E-state index in [0.717, 1.165) is 35.7 Å². The van der Waals surface area contributed by atoms with Crippen molar-refractivity contribution in [1.29, 1.82) is 0 Å². The van der Waals surface area contributed by atoms with Crippen LogP contribution in [-0.4, -0.2) is 30.6 Å². The third-order valence-corrected chi connectivity index (χ3v) is 3.72. The van der Waals surface area contributed by atoms with Crippen LogP contribution in [-0.2, 0) is 6.54 Å². The van der Waals surface area contributed by atoms with Crippen molar-refractivity contribution in [3.63, 3.8) is 0 Å². The molecule has 0 aromatic heterocycles. The quantitative estimate of drug-likeness (QED) is 0.904. The van der Waals surface area contributed by atoms with E-state index in [4.69, 9.17) is 11.6 Å². The monoisotopic (exact) mass is 302 g/mol. The van der Waals surface area contributed by atoms with Crippen molar-refractivity contribution in [3.05, 3.63) is 33.3 Å². The van der Waals surface area contributed by atoms with E-state index in [9.17, 15) is 0 Å². The van der Waals surface area contributed by atoms with Crippen LogP contribution in [0.15, 0.2) is 22.7 Å². The predicted octanol–water partition coefficient (Wildman–Crippen LogP) is 2.90. The average Bonchev–Trinajstić information content (AvgIpc) is 2.24. The summed E-state index contributed by atoms with van der Waals surface area (Å²) in [5.41, 5.74) is 1.20. The maximum atomic E-state index is 6.19. The molecular weight excluding hydrogens is 288 g/mol. The van der Waals surface area contributed by atoms with Crippen molar-refractivity contribution in [1.82, 2.24) is 10.2 Å². The molecule has 1 unspecified atom stereocenters. The first-order valence-electron chi connectivity index (χ1n) is 5.55. The smallest absolute Gasteiger partial charge is 0.0451 e. The molecular formula is C12H16BrClN2. The van der Waals surface area contributed by atoms with Gasteiger partial charge in [0, 0.05) is 41.7 Å². The Labute approximate surface area is 110 Å². The molecule has 4 heteroatoms. The Balaban J connectivity index is 2.05. The van der Waals surface area contributed by atoms with Gasteiger partial charge in [-0.25, -0.2) is 0 Å². The molecule has 0 bridgehead atoms. The van der Waals surface area contributed by atoms with Crippen molar-refractivity contribution in [2.45, 2.75) is 19.5 Å². The van der Waals surface area contributed by atoms with Gasteiger partial charge in [0.05, 0.1) is 0 Å². The van der Waals surface area contributed by atoms with Crippen LogP contribution < -0.4 is 5.32 Å². The summed E-state index contributed by atoms with van der Waals surface area (Å²) in [5.74, 6) is 0. The van der Waals surface area contributed by atoms with Gasteiger partial charge in [-0.2, -0.15) is 0 Å². The minimum atomic E-state index is 0.569. The van der Waals surface area contributed by atoms with Crippen molar-refractivity contribution in [3.8, 4) is 0 Å². The zero-order valence-electron chi connectivity index (χ0n) is 9.34. The van der Waals surface area contributed by atoms with E-state index in [0.29, 0.717) is 6.04 Å². The first-order chi connectivity index (χ1) is 7.65. The van der Waals surface area contributed by atoms with Crippen LogP contribution in [0.1, 0.15) is 12.5 Å². The lowest BCUT2D eigenvalue weighted by Crippen LogP contribution is -2.48. The minimum absolute atomic E-state index is 0.569. The number of nitrogens with one attached hydrogen (secondary N) is 1. The maximum Gasteiger partial charge on any atom is 0.0451 e. The highest BCUT2D eigenvalue weighted by atomic mass is 79.9. The van der Waals surface area contributed by atoms with E-state index >= 15 is 0 Å². The van der Waals surface area contributed by atoms with Crippen molar-refractivity contribution in [2.75, 3.05) is 19.6 Å². The van der Waals surface area contributed by atoms with E-state index in [-0.39, 0.29) is 0 Å². The van der Waals surface area contributed by atoms with Crippen LogP contribution in [0.2, 0.25) is 5.02 Å². The molecule has 0 aliphatic carbocycles. The zero-order chi connectivity index (χ0) is 11.5. The van der Waals surface area contributed by atoms with Crippen molar-refractivity contribution < 1.29 is 0 Å². The highest BCUT2D eigenvalue weighted by molar-refractivity contribution is 9.10. The Morgan fingerprint density at radius 2 is 2.38 bits per heavy atom. The lowest BCUT2D eigenvalue weighted by molar-refractivity contribution is 0.199. The lowest BCUT2D eigenvalue weighted by Gasteiger charge is -2.32. The van der Waals surface area contributed by atoms with E-state index in [1.54, 1.807) is 0 Å². The van der Waals surface area contributed by atoms with Gasteiger partial charge in [0.25, 0.3) is 0 Å². The molecule has 88 valence electrons. The largest absolute Gasteiger partial charge is 0.312 e. The van der Waals surface area contributed by atoms with Crippen LogP contribution in [0.5, 0.6) is 0 Å². The highest BCUT2D eigenvalue weighted by Gasteiger charge is 2.16. The third kappa shape index (κ3) is 3.20. The summed E-state index contributed by atoms with van der Waals surface area (Å²) in [6.07, 6.45) is 0. The Hall–Kier alpha value is -0.0900. The molecule has 1 aromatic rings. The molecule has 0 radical (unpaired) electrons. The SMILES string of the molecule is CC1CN(Cc2cc(Br)ccc2Cl)CCN1. The number of halogens is 2. The summed E-state index contributed by atoms with van der Waals surface area (Å²) < 4.78 is 1.09. The van der Waals surface area contributed by atoms with Gasteiger partial charge in [0.15, 0.2) is 0 Å². The van der Waals surface area contributed by atoms with E-state index < -0.39 is 0 Å². The van der Waals surface area contributed by atoms with Gasteiger partial charge in [0.1, 0.15) is 0 Å². The fourth-order valence-corrected chi connectivity index (χ4v) is 2.65. The summed E-state index contributed by atoms with van der Waals surface area (Å²) in [6, 6.07) is 6.60. The number of hydrogen-bond donors (Lipinski definition) is 1. The van der Waals surface area contributed by atoms with Gasteiger partial charge >= 0.3 is 0 Å². The van der Waals surface area contributed by atoms with Gasteiger partial charge < -0.3 is 5.32 Å². The average molecular weight is 304 g/mol. The third-order valence-electron chi connectivity index (χ3n) is 2.85. The molecule has 1 fully saturated rings. The zero-order valence-corrected chi connectivity index (χ0v) is 11.7. The van der Waals surface area contributed by atoms with Crippen molar-refractivity contribution in [2.24, 2.45) is 0 Å². The van der Waals surface area contributed by atoms with E-state index in [1.807, 2.05) is 12.1 Å². The normalized spacial score (nSPS) is 22.3. The first-order valence-corrected chi connectivity index (χ1v) is 6.72. The minimum Gasteiger partial charge on any atom is -0.312 e. The van der Waals surface area contributed by atoms with Crippen LogP contribution in [0, 0.1) is 0 Å². The van der Waals surface area contributed by atoms with Gasteiger partial charge in [0.2, 0.25) is 0 Å². The summed E-state index contributed by atoms with van der Waals surface area (Å²) in [5, 5.41) is 4.30. The molecule has 1 atom stereocenters. The molecule has 1 heterocycles. The molecule has 2 nitrogen and oxygen atoms in total. The van der Waals surface area contributed by atoms with Crippen LogP contribution in [0.25, 0.3) is 0 Å². The van der Waals surface area contributed by atoms with Crippen LogP contribution in [0.4, 0.5) is 0 Å². The molecule has 1 N–H and O–H groups in total. The van der Waals surface area contributed by atoms with E-state index in [2.05, 4.69) is 39.1 Å². The van der Waals surface area contributed by atoms with Gasteiger partial charge in [-0.05, 0) is 30.7 Å². The Morgan fingerprint density at radius 3 is 3.12 bits per heavy atom.